The number of nitrogens with one attached hydrogen (secondary N) is 1. The number of rotatable bonds is 5. The highest BCUT2D eigenvalue weighted by Crippen LogP contribution is 2.28. The van der Waals surface area contributed by atoms with Gasteiger partial charge in [-0.2, -0.15) is 8.78 Å². The standard InChI is InChI=1S/C16H23F2N3O3S/c1-16(2)10-21(8-7-13(16)19)9-14(22)20-11-5-3-4-6-12(11)25(23,24)15(17)18/h3-6,13,15H,7-10,19H2,1-2H3,(H,20,22). The summed E-state index contributed by atoms with van der Waals surface area (Å²) in [6, 6.07) is 5.20. The van der Waals surface area contributed by atoms with Gasteiger partial charge in [-0.05, 0) is 24.0 Å². The van der Waals surface area contributed by atoms with Crippen LogP contribution in [0.15, 0.2) is 29.2 Å². The molecule has 1 saturated heterocycles. The van der Waals surface area contributed by atoms with E-state index in [-0.39, 0.29) is 23.7 Å². The Morgan fingerprint density at radius 1 is 1.40 bits per heavy atom. The van der Waals surface area contributed by atoms with Gasteiger partial charge in [-0.3, -0.25) is 9.69 Å². The second kappa shape index (κ2) is 7.35. The first kappa shape index (κ1) is 19.7. The van der Waals surface area contributed by atoms with Crippen molar-refractivity contribution in [3.05, 3.63) is 24.3 Å². The van der Waals surface area contributed by atoms with Crippen LogP contribution < -0.4 is 11.1 Å². The predicted molar refractivity (Wildman–Crippen MR) is 91.1 cm³/mol. The number of piperidine rings is 1. The SMILES string of the molecule is CC1(C)CN(CC(=O)Nc2ccccc2S(=O)(=O)C(F)F)CCC1N. The summed E-state index contributed by atoms with van der Waals surface area (Å²) in [6.07, 6.45) is 0.747. The van der Waals surface area contributed by atoms with E-state index in [2.05, 4.69) is 5.32 Å². The van der Waals surface area contributed by atoms with Gasteiger partial charge in [-0.1, -0.05) is 26.0 Å². The quantitative estimate of drug-likeness (QED) is 0.817. The van der Waals surface area contributed by atoms with E-state index in [0.29, 0.717) is 13.1 Å². The van der Waals surface area contributed by atoms with Crippen LogP contribution in [-0.4, -0.2) is 50.7 Å². The molecule has 1 aliphatic heterocycles. The number of likely N-dealkylation sites (tertiary alicyclic amines) is 1. The highest BCUT2D eigenvalue weighted by Gasteiger charge is 2.34. The van der Waals surface area contributed by atoms with E-state index in [1.54, 1.807) is 0 Å². The van der Waals surface area contributed by atoms with Gasteiger partial charge in [-0.15, -0.1) is 0 Å². The molecule has 9 heteroatoms. The number of nitrogens with two attached hydrogens (primary N) is 1. The third-order valence-corrected chi connectivity index (χ3v) is 5.90. The van der Waals surface area contributed by atoms with Crippen molar-refractivity contribution in [2.45, 2.75) is 37.0 Å². The third kappa shape index (κ3) is 4.53. The van der Waals surface area contributed by atoms with Gasteiger partial charge in [0.05, 0.1) is 17.1 Å². The molecule has 0 saturated carbocycles. The number of hydrogen-bond donors (Lipinski definition) is 2. The number of sulfone groups is 1. The fourth-order valence-corrected chi connectivity index (χ4v) is 3.81. The topological polar surface area (TPSA) is 92.5 Å². The molecule has 0 aliphatic carbocycles. The van der Waals surface area contributed by atoms with Crippen molar-refractivity contribution in [3.8, 4) is 0 Å². The molecule has 1 atom stereocenters. The molecule has 6 nitrogen and oxygen atoms in total. The Hall–Kier alpha value is -1.58. The lowest BCUT2D eigenvalue weighted by atomic mass is 9.80. The minimum atomic E-state index is -4.79. The number of carbonyl (C=O) groups excluding carboxylic acids is 1. The van der Waals surface area contributed by atoms with Crippen molar-refractivity contribution in [2.24, 2.45) is 11.1 Å². The first-order valence-corrected chi connectivity index (χ1v) is 9.47. The molecular formula is C16H23F2N3O3S. The summed E-state index contributed by atoms with van der Waals surface area (Å²) in [7, 11) is -4.79. The number of hydrogen-bond acceptors (Lipinski definition) is 5. The van der Waals surface area contributed by atoms with E-state index in [4.69, 9.17) is 5.73 Å². The number of anilines is 1. The molecule has 1 amide bonds. The summed E-state index contributed by atoms with van der Waals surface area (Å²) in [4.78, 5) is 13.6. The normalized spacial score (nSPS) is 21.3. The van der Waals surface area contributed by atoms with Crippen LogP contribution in [0.2, 0.25) is 0 Å². The zero-order valence-electron chi connectivity index (χ0n) is 14.2. The first-order chi connectivity index (χ1) is 11.5. The van der Waals surface area contributed by atoms with Crippen LogP contribution >= 0.6 is 0 Å². The van der Waals surface area contributed by atoms with E-state index < -0.39 is 26.4 Å². The Labute approximate surface area is 146 Å². The number of benzene rings is 1. The van der Waals surface area contributed by atoms with E-state index in [1.807, 2.05) is 18.7 Å². The Bertz CT molecular complexity index is 738. The summed E-state index contributed by atoms with van der Waals surface area (Å²) in [6.45, 7) is 5.35. The maximum Gasteiger partial charge on any atom is 0.341 e. The van der Waals surface area contributed by atoms with Crippen LogP contribution in [0.5, 0.6) is 0 Å². The minimum Gasteiger partial charge on any atom is -0.327 e. The lowest BCUT2D eigenvalue weighted by Gasteiger charge is -2.42. The Morgan fingerprint density at radius 3 is 2.64 bits per heavy atom. The molecule has 25 heavy (non-hydrogen) atoms. The van der Waals surface area contributed by atoms with Gasteiger partial charge in [0.2, 0.25) is 15.7 Å². The fourth-order valence-electron chi connectivity index (χ4n) is 2.93. The molecule has 0 bridgehead atoms. The summed E-state index contributed by atoms with van der Waals surface area (Å²) >= 11 is 0. The lowest BCUT2D eigenvalue weighted by Crippen LogP contribution is -2.53. The van der Waals surface area contributed by atoms with Gasteiger partial charge in [0.1, 0.15) is 0 Å². The van der Waals surface area contributed by atoms with Crippen LogP contribution in [0.3, 0.4) is 0 Å². The number of carbonyl (C=O) groups is 1. The Balaban J connectivity index is 2.10. The van der Waals surface area contributed by atoms with Gasteiger partial charge < -0.3 is 11.1 Å². The van der Waals surface area contributed by atoms with Crippen LogP contribution in [0.1, 0.15) is 20.3 Å². The van der Waals surface area contributed by atoms with Crippen molar-refractivity contribution in [1.29, 1.82) is 0 Å². The summed E-state index contributed by atoms with van der Waals surface area (Å²) in [5, 5.41) is 2.43. The first-order valence-electron chi connectivity index (χ1n) is 7.93. The number of amides is 1. The van der Waals surface area contributed by atoms with E-state index >= 15 is 0 Å². The van der Waals surface area contributed by atoms with E-state index in [9.17, 15) is 22.0 Å². The summed E-state index contributed by atoms with van der Waals surface area (Å²) in [5.74, 6) is -4.00. The molecule has 3 N–H and O–H groups in total. The van der Waals surface area contributed by atoms with Crippen molar-refractivity contribution >= 4 is 21.4 Å². The molecule has 1 heterocycles. The van der Waals surface area contributed by atoms with Crippen molar-refractivity contribution in [3.63, 3.8) is 0 Å². The Morgan fingerprint density at radius 2 is 2.04 bits per heavy atom. The molecule has 0 radical (unpaired) electrons. The maximum atomic E-state index is 12.8. The number of alkyl halides is 2. The Kier molecular flexibility index (Phi) is 5.80. The number of para-hydroxylation sites is 1. The lowest BCUT2D eigenvalue weighted by molar-refractivity contribution is -0.118. The second-order valence-electron chi connectivity index (χ2n) is 6.94. The van der Waals surface area contributed by atoms with Gasteiger partial charge >= 0.3 is 5.76 Å². The maximum absolute atomic E-state index is 12.8. The monoisotopic (exact) mass is 375 g/mol. The number of nitrogens with zero attached hydrogens (tertiary/aromatic N) is 1. The molecule has 1 fully saturated rings. The molecule has 0 spiro atoms. The van der Waals surface area contributed by atoms with E-state index in [1.165, 1.54) is 18.2 Å². The average Bonchev–Trinajstić information content (AvgIpc) is 2.50. The largest absolute Gasteiger partial charge is 0.341 e. The molecule has 1 aromatic rings. The zero-order valence-corrected chi connectivity index (χ0v) is 15.0. The van der Waals surface area contributed by atoms with Crippen LogP contribution in [-0.2, 0) is 14.6 Å². The minimum absolute atomic E-state index is 0.0409. The van der Waals surface area contributed by atoms with Crippen molar-refractivity contribution in [2.75, 3.05) is 25.0 Å². The summed E-state index contributed by atoms with van der Waals surface area (Å²) < 4.78 is 49.0. The van der Waals surface area contributed by atoms with E-state index in [0.717, 1.165) is 12.5 Å². The highest BCUT2D eigenvalue weighted by molar-refractivity contribution is 7.91. The van der Waals surface area contributed by atoms with Crippen LogP contribution in [0, 0.1) is 5.41 Å². The molecule has 1 aliphatic rings. The van der Waals surface area contributed by atoms with Crippen molar-refractivity contribution < 1.29 is 22.0 Å². The van der Waals surface area contributed by atoms with Gasteiger partial charge in [-0.25, -0.2) is 8.42 Å². The third-order valence-electron chi connectivity index (χ3n) is 4.46. The molecule has 140 valence electrons. The number of halogens is 2. The van der Waals surface area contributed by atoms with Crippen molar-refractivity contribution in [1.82, 2.24) is 4.90 Å². The molecule has 2 rings (SSSR count). The predicted octanol–water partition coefficient (Wildman–Crippen LogP) is 1.68. The van der Waals surface area contributed by atoms with Crippen LogP contribution in [0.25, 0.3) is 0 Å². The van der Waals surface area contributed by atoms with Crippen LogP contribution in [0.4, 0.5) is 14.5 Å². The molecule has 0 aromatic heterocycles. The van der Waals surface area contributed by atoms with Gasteiger partial charge in [0, 0.05) is 19.1 Å². The summed E-state index contributed by atoms with van der Waals surface area (Å²) in [5.41, 5.74) is 5.78. The molecule has 1 aromatic carbocycles. The molecular weight excluding hydrogens is 352 g/mol. The average molecular weight is 375 g/mol. The van der Waals surface area contributed by atoms with Gasteiger partial charge in [0.25, 0.3) is 0 Å². The van der Waals surface area contributed by atoms with Gasteiger partial charge in [0.15, 0.2) is 0 Å². The second-order valence-corrected chi connectivity index (χ2v) is 8.83. The zero-order chi connectivity index (χ0) is 18.8. The molecule has 1 unspecified atom stereocenters. The highest BCUT2D eigenvalue weighted by atomic mass is 32.2. The fraction of sp³-hybridized carbons (Fsp3) is 0.562. The smallest absolute Gasteiger partial charge is 0.327 e.